The lowest BCUT2D eigenvalue weighted by atomic mass is 10.1. The highest BCUT2D eigenvalue weighted by molar-refractivity contribution is 5.92. The second kappa shape index (κ2) is 7.70. The fourth-order valence-electron chi connectivity index (χ4n) is 2.51. The van der Waals surface area contributed by atoms with E-state index in [4.69, 9.17) is 9.84 Å². The standard InChI is InChI=1S/C21H21N3O2/c1-23(2)20(25)14-11-17-15-24(18-7-5-4-6-8-18)22-21(17)16-9-12-19(26-3)13-10-16/h4-15H,1-3H3. The molecule has 0 radical (unpaired) electrons. The summed E-state index contributed by atoms with van der Waals surface area (Å²) in [6.45, 7) is 0. The van der Waals surface area contributed by atoms with Gasteiger partial charge in [-0.15, -0.1) is 0 Å². The largest absolute Gasteiger partial charge is 0.497 e. The molecule has 0 saturated heterocycles. The van der Waals surface area contributed by atoms with Crippen LogP contribution in [0.2, 0.25) is 0 Å². The number of amides is 1. The Kier molecular flexibility index (Phi) is 5.17. The van der Waals surface area contributed by atoms with Crippen molar-refractivity contribution >= 4 is 12.0 Å². The Hall–Kier alpha value is -3.34. The molecular formula is C21H21N3O2. The van der Waals surface area contributed by atoms with Crippen molar-refractivity contribution in [3.63, 3.8) is 0 Å². The van der Waals surface area contributed by atoms with E-state index in [0.717, 1.165) is 28.3 Å². The van der Waals surface area contributed by atoms with E-state index in [1.165, 1.54) is 4.90 Å². The minimum absolute atomic E-state index is 0.0712. The zero-order valence-electron chi connectivity index (χ0n) is 15.1. The van der Waals surface area contributed by atoms with Crippen LogP contribution in [-0.2, 0) is 4.79 Å². The van der Waals surface area contributed by atoms with Gasteiger partial charge in [-0.25, -0.2) is 4.68 Å². The Labute approximate surface area is 153 Å². The van der Waals surface area contributed by atoms with E-state index < -0.39 is 0 Å². The molecule has 5 nitrogen and oxygen atoms in total. The topological polar surface area (TPSA) is 47.4 Å². The molecule has 0 aliphatic carbocycles. The highest BCUT2D eigenvalue weighted by atomic mass is 16.5. The number of hydrogen-bond donors (Lipinski definition) is 0. The van der Waals surface area contributed by atoms with Crippen molar-refractivity contribution in [2.75, 3.05) is 21.2 Å². The van der Waals surface area contributed by atoms with E-state index in [2.05, 4.69) is 0 Å². The average molecular weight is 347 g/mol. The molecule has 0 N–H and O–H groups in total. The summed E-state index contributed by atoms with van der Waals surface area (Å²) in [5.74, 6) is 0.717. The zero-order chi connectivity index (χ0) is 18.5. The quantitative estimate of drug-likeness (QED) is 0.662. The third-order valence-corrected chi connectivity index (χ3v) is 3.97. The van der Waals surface area contributed by atoms with Gasteiger partial charge in [-0.1, -0.05) is 18.2 Å². The second-order valence-corrected chi connectivity index (χ2v) is 6.01. The van der Waals surface area contributed by atoms with E-state index in [0.29, 0.717) is 0 Å². The lowest BCUT2D eigenvalue weighted by molar-refractivity contribution is -0.123. The SMILES string of the molecule is COc1ccc(-c2nn(-c3ccccc3)cc2C=CC(=O)N(C)C)cc1. The number of benzene rings is 2. The minimum Gasteiger partial charge on any atom is -0.497 e. The maximum absolute atomic E-state index is 11.9. The molecule has 3 rings (SSSR count). The average Bonchev–Trinajstić information content (AvgIpc) is 3.11. The number of likely N-dealkylation sites (N-methyl/N-ethyl adjacent to an activating group) is 1. The fraction of sp³-hybridized carbons (Fsp3) is 0.143. The van der Waals surface area contributed by atoms with Gasteiger partial charge in [-0.3, -0.25) is 4.79 Å². The third kappa shape index (κ3) is 3.83. The predicted octanol–water partition coefficient (Wildman–Crippen LogP) is 3.65. The van der Waals surface area contributed by atoms with Crippen LogP contribution < -0.4 is 4.74 Å². The van der Waals surface area contributed by atoms with E-state index in [-0.39, 0.29) is 5.91 Å². The van der Waals surface area contributed by atoms with Crippen molar-refractivity contribution < 1.29 is 9.53 Å². The highest BCUT2D eigenvalue weighted by Crippen LogP contribution is 2.26. The van der Waals surface area contributed by atoms with Crippen LogP contribution in [0.25, 0.3) is 23.0 Å². The molecule has 2 aromatic carbocycles. The number of methoxy groups -OCH3 is 1. The molecule has 0 spiro atoms. The van der Waals surface area contributed by atoms with Gasteiger partial charge in [0.05, 0.1) is 18.5 Å². The van der Waals surface area contributed by atoms with Gasteiger partial charge in [-0.2, -0.15) is 5.10 Å². The van der Waals surface area contributed by atoms with E-state index >= 15 is 0 Å². The molecule has 0 aliphatic rings. The Morgan fingerprint density at radius 1 is 1.08 bits per heavy atom. The summed E-state index contributed by atoms with van der Waals surface area (Å²) in [5, 5.41) is 4.73. The minimum atomic E-state index is -0.0712. The first-order valence-corrected chi connectivity index (χ1v) is 8.27. The van der Waals surface area contributed by atoms with E-state index in [9.17, 15) is 4.79 Å². The van der Waals surface area contributed by atoms with Crippen LogP contribution in [0.4, 0.5) is 0 Å². The number of carbonyl (C=O) groups excluding carboxylic acids is 1. The first-order valence-electron chi connectivity index (χ1n) is 8.27. The second-order valence-electron chi connectivity index (χ2n) is 6.01. The van der Waals surface area contributed by atoms with Gasteiger partial charge in [0.25, 0.3) is 0 Å². The van der Waals surface area contributed by atoms with Crippen LogP contribution in [0.5, 0.6) is 5.75 Å². The maximum atomic E-state index is 11.9. The summed E-state index contributed by atoms with van der Waals surface area (Å²) >= 11 is 0. The molecule has 0 atom stereocenters. The predicted molar refractivity (Wildman–Crippen MR) is 103 cm³/mol. The maximum Gasteiger partial charge on any atom is 0.246 e. The van der Waals surface area contributed by atoms with Gasteiger partial charge in [0, 0.05) is 37.5 Å². The number of rotatable bonds is 5. The van der Waals surface area contributed by atoms with Gasteiger partial charge >= 0.3 is 0 Å². The van der Waals surface area contributed by atoms with Crippen LogP contribution in [-0.4, -0.2) is 41.8 Å². The van der Waals surface area contributed by atoms with Gasteiger partial charge in [0.1, 0.15) is 5.75 Å². The number of ether oxygens (including phenoxy) is 1. The lowest BCUT2D eigenvalue weighted by Crippen LogP contribution is -2.18. The summed E-state index contributed by atoms with van der Waals surface area (Å²) < 4.78 is 7.04. The number of para-hydroxylation sites is 1. The van der Waals surface area contributed by atoms with Crippen molar-refractivity contribution in [3.05, 3.63) is 72.4 Å². The smallest absolute Gasteiger partial charge is 0.246 e. The fourth-order valence-corrected chi connectivity index (χ4v) is 2.51. The monoisotopic (exact) mass is 347 g/mol. The van der Waals surface area contributed by atoms with Crippen LogP contribution in [0.1, 0.15) is 5.56 Å². The molecular weight excluding hydrogens is 326 g/mol. The van der Waals surface area contributed by atoms with Gasteiger partial charge in [0.2, 0.25) is 5.91 Å². The molecule has 0 bridgehead atoms. The van der Waals surface area contributed by atoms with Gasteiger partial charge < -0.3 is 9.64 Å². The molecule has 0 aliphatic heterocycles. The Balaban J connectivity index is 2.05. The Morgan fingerprint density at radius 2 is 1.77 bits per heavy atom. The lowest BCUT2D eigenvalue weighted by Gasteiger charge is -2.05. The van der Waals surface area contributed by atoms with Crippen molar-refractivity contribution in [3.8, 4) is 22.7 Å². The first kappa shape index (κ1) is 17.5. The molecule has 0 saturated carbocycles. The summed E-state index contributed by atoms with van der Waals surface area (Å²) in [6.07, 6.45) is 5.28. The van der Waals surface area contributed by atoms with Gasteiger partial charge in [-0.05, 0) is 42.5 Å². The molecule has 1 amide bonds. The number of hydrogen-bond acceptors (Lipinski definition) is 3. The molecule has 1 heterocycles. The summed E-state index contributed by atoms with van der Waals surface area (Å²) in [5.41, 5.74) is 3.59. The molecule has 0 fully saturated rings. The van der Waals surface area contributed by atoms with E-state index in [1.54, 1.807) is 33.4 Å². The molecule has 1 aromatic heterocycles. The first-order chi connectivity index (χ1) is 12.6. The van der Waals surface area contributed by atoms with Crippen molar-refractivity contribution in [1.29, 1.82) is 0 Å². The van der Waals surface area contributed by atoms with Crippen LogP contribution in [0.15, 0.2) is 66.9 Å². The van der Waals surface area contributed by atoms with Gasteiger partial charge in [0.15, 0.2) is 0 Å². The third-order valence-electron chi connectivity index (χ3n) is 3.97. The molecule has 5 heteroatoms. The Morgan fingerprint density at radius 3 is 2.38 bits per heavy atom. The molecule has 26 heavy (non-hydrogen) atoms. The van der Waals surface area contributed by atoms with Crippen molar-refractivity contribution in [2.45, 2.75) is 0 Å². The van der Waals surface area contributed by atoms with Crippen molar-refractivity contribution in [2.24, 2.45) is 0 Å². The van der Waals surface area contributed by atoms with Crippen LogP contribution in [0, 0.1) is 0 Å². The van der Waals surface area contributed by atoms with Crippen LogP contribution >= 0.6 is 0 Å². The van der Waals surface area contributed by atoms with Crippen LogP contribution in [0.3, 0.4) is 0 Å². The number of nitrogens with zero attached hydrogens (tertiary/aromatic N) is 3. The number of aromatic nitrogens is 2. The molecule has 132 valence electrons. The normalized spacial score (nSPS) is 10.9. The summed E-state index contributed by atoms with van der Waals surface area (Å²) in [4.78, 5) is 13.5. The molecule has 0 unspecified atom stereocenters. The summed E-state index contributed by atoms with van der Waals surface area (Å²) in [7, 11) is 5.09. The Bertz CT molecular complexity index is 910. The molecule has 3 aromatic rings. The van der Waals surface area contributed by atoms with E-state index in [1.807, 2.05) is 65.5 Å². The summed E-state index contributed by atoms with van der Waals surface area (Å²) in [6, 6.07) is 17.6. The highest BCUT2D eigenvalue weighted by Gasteiger charge is 2.11. The zero-order valence-corrected chi connectivity index (χ0v) is 15.1. The number of carbonyl (C=O) groups is 1. The van der Waals surface area contributed by atoms with Crippen molar-refractivity contribution in [1.82, 2.24) is 14.7 Å².